The molecule has 1 heterocycles. The first-order valence-electron chi connectivity index (χ1n) is 8.24. The smallest absolute Gasteiger partial charge is 0.277 e. The summed E-state index contributed by atoms with van der Waals surface area (Å²) >= 11 is 10.9. The van der Waals surface area contributed by atoms with Crippen molar-refractivity contribution in [3.05, 3.63) is 75.4 Å². The second-order valence-electron chi connectivity index (χ2n) is 5.71. The number of nitrogens with one attached hydrogen (secondary N) is 1. The van der Waals surface area contributed by atoms with Gasteiger partial charge in [0.15, 0.2) is 11.7 Å². The molecular formula is C20H16BrClN2O3S. The van der Waals surface area contributed by atoms with Crippen LogP contribution in [0.3, 0.4) is 0 Å². The van der Waals surface area contributed by atoms with Crippen molar-refractivity contribution in [1.82, 2.24) is 5.43 Å². The highest BCUT2D eigenvalue weighted by molar-refractivity contribution is 9.10. The monoisotopic (exact) mass is 478 g/mol. The van der Waals surface area contributed by atoms with Crippen LogP contribution in [-0.4, -0.2) is 18.7 Å². The Balaban J connectivity index is 1.52. The number of amides is 1. The maximum atomic E-state index is 11.8. The van der Waals surface area contributed by atoms with Crippen LogP contribution in [0.25, 0.3) is 0 Å². The number of furan rings is 1. The average Bonchev–Trinajstić information content (AvgIpc) is 3.02. The number of aryl methyl sites for hydroxylation is 1. The number of carbonyl (C=O) groups is 1. The summed E-state index contributed by atoms with van der Waals surface area (Å²) in [5.74, 6) is 0.542. The third kappa shape index (κ3) is 5.89. The number of hydrazone groups is 1. The molecule has 0 bridgehead atoms. The van der Waals surface area contributed by atoms with Gasteiger partial charge in [-0.15, -0.1) is 0 Å². The predicted molar refractivity (Wildman–Crippen MR) is 114 cm³/mol. The molecule has 144 valence electrons. The standard InChI is InChI=1S/C20H16BrClN2O3S/c1-13-6-8-15(9-7-13)28-20-16(21)10-14(27-20)11-23-24-19(25)12-26-18-5-3-2-4-17(18)22/h2-11H,12H2,1H3,(H,24,25)/b23-11+. The van der Waals surface area contributed by atoms with Gasteiger partial charge in [0.1, 0.15) is 11.5 Å². The molecular weight excluding hydrogens is 464 g/mol. The van der Waals surface area contributed by atoms with E-state index in [1.807, 2.05) is 31.2 Å². The SMILES string of the molecule is Cc1ccc(Sc2oc(/C=N/NC(=O)COc3ccccc3Cl)cc2Br)cc1. The molecule has 1 aromatic heterocycles. The minimum Gasteiger partial charge on any atom is -0.482 e. The number of rotatable bonds is 7. The number of hydrogen-bond donors (Lipinski definition) is 1. The summed E-state index contributed by atoms with van der Waals surface area (Å²) in [5, 5.41) is 5.04. The van der Waals surface area contributed by atoms with Crippen LogP contribution in [0.2, 0.25) is 5.02 Å². The summed E-state index contributed by atoms with van der Waals surface area (Å²) in [4.78, 5) is 12.9. The summed E-state index contributed by atoms with van der Waals surface area (Å²) in [6.07, 6.45) is 1.43. The Kier molecular flexibility index (Phi) is 7.19. The van der Waals surface area contributed by atoms with E-state index in [0.717, 1.165) is 9.37 Å². The minimum atomic E-state index is -0.406. The molecule has 5 nitrogen and oxygen atoms in total. The molecule has 0 atom stereocenters. The van der Waals surface area contributed by atoms with Gasteiger partial charge in [0.2, 0.25) is 0 Å². The highest BCUT2D eigenvalue weighted by Crippen LogP contribution is 2.35. The van der Waals surface area contributed by atoms with E-state index in [4.69, 9.17) is 20.8 Å². The molecule has 2 aromatic carbocycles. The lowest BCUT2D eigenvalue weighted by Gasteiger charge is -2.05. The van der Waals surface area contributed by atoms with E-state index in [-0.39, 0.29) is 6.61 Å². The number of benzene rings is 2. The number of hydrogen-bond acceptors (Lipinski definition) is 5. The molecule has 0 saturated carbocycles. The minimum absolute atomic E-state index is 0.197. The van der Waals surface area contributed by atoms with Crippen LogP contribution in [0.1, 0.15) is 11.3 Å². The molecule has 0 unspecified atom stereocenters. The lowest BCUT2D eigenvalue weighted by Crippen LogP contribution is -2.24. The summed E-state index contributed by atoms with van der Waals surface area (Å²) < 4.78 is 11.9. The highest BCUT2D eigenvalue weighted by atomic mass is 79.9. The maximum absolute atomic E-state index is 11.8. The Labute approximate surface area is 180 Å². The Bertz CT molecular complexity index is 989. The van der Waals surface area contributed by atoms with Crippen molar-refractivity contribution in [2.45, 2.75) is 16.9 Å². The zero-order valence-electron chi connectivity index (χ0n) is 14.8. The third-order valence-corrected chi connectivity index (χ3v) is 5.64. The zero-order chi connectivity index (χ0) is 19.9. The molecule has 0 aliphatic heterocycles. The molecule has 8 heteroatoms. The molecule has 0 aliphatic carbocycles. The van der Waals surface area contributed by atoms with Crippen LogP contribution in [0.15, 0.2) is 78.6 Å². The van der Waals surface area contributed by atoms with E-state index >= 15 is 0 Å². The van der Waals surface area contributed by atoms with Crippen LogP contribution >= 0.6 is 39.3 Å². The van der Waals surface area contributed by atoms with E-state index in [2.05, 4.69) is 26.5 Å². The first kappa shape index (κ1) is 20.5. The van der Waals surface area contributed by atoms with Crippen LogP contribution in [0, 0.1) is 6.92 Å². The van der Waals surface area contributed by atoms with Gasteiger partial charge in [-0.3, -0.25) is 4.79 Å². The van der Waals surface area contributed by atoms with Gasteiger partial charge in [0.25, 0.3) is 5.91 Å². The molecule has 0 aliphatic rings. The van der Waals surface area contributed by atoms with Gasteiger partial charge in [-0.2, -0.15) is 5.10 Å². The molecule has 0 spiro atoms. The van der Waals surface area contributed by atoms with Crippen molar-refractivity contribution in [1.29, 1.82) is 0 Å². The number of halogens is 2. The normalized spacial score (nSPS) is 11.0. The van der Waals surface area contributed by atoms with Gasteiger partial charge in [0.05, 0.1) is 15.7 Å². The lowest BCUT2D eigenvalue weighted by molar-refractivity contribution is -0.123. The second kappa shape index (κ2) is 9.82. The zero-order valence-corrected chi connectivity index (χ0v) is 18.0. The van der Waals surface area contributed by atoms with E-state index < -0.39 is 5.91 Å². The second-order valence-corrected chi connectivity index (χ2v) is 8.02. The number of para-hydroxylation sites is 1. The van der Waals surface area contributed by atoms with E-state index in [1.165, 1.54) is 23.5 Å². The van der Waals surface area contributed by atoms with Gasteiger partial charge in [0, 0.05) is 11.0 Å². The van der Waals surface area contributed by atoms with Crippen LogP contribution in [-0.2, 0) is 4.79 Å². The van der Waals surface area contributed by atoms with E-state index in [9.17, 15) is 4.79 Å². The largest absolute Gasteiger partial charge is 0.482 e. The summed E-state index contributed by atoms with van der Waals surface area (Å²) in [6, 6.07) is 16.9. The molecule has 3 aromatic rings. The van der Waals surface area contributed by atoms with Crippen molar-refractivity contribution in [2.75, 3.05) is 6.61 Å². The summed E-state index contributed by atoms with van der Waals surface area (Å²) in [5.41, 5.74) is 3.58. The average molecular weight is 480 g/mol. The fourth-order valence-corrected chi connectivity index (χ4v) is 3.64. The summed E-state index contributed by atoms with van der Waals surface area (Å²) in [7, 11) is 0. The Hall–Kier alpha value is -2.22. The Morgan fingerprint density at radius 2 is 2.04 bits per heavy atom. The lowest BCUT2D eigenvalue weighted by atomic mass is 10.2. The van der Waals surface area contributed by atoms with Gasteiger partial charge in [-0.05, 0) is 47.1 Å². The number of ether oxygens (including phenoxy) is 1. The van der Waals surface area contributed by atoms with Crippen LogP contribution in [0.5, 0.6) is 5.75 Å². The quantitative estimate of drug-likeness (QED) is 0.349. The fourth-order valence-electron chi connectivity index (χ4n) is 2.12. The molecule has 1 amide bonds. The van der Waals surface area contributed by atoms with Gasteiger partial charge < -0.3 is 9.15 Å². The number of nitrogens with zero attached hydrogens (tertiary/aromatic N) is 1. The first-order chi connectivity index (χ1) is 13.5. The van der Waals surface area contributed by atoms with Crippen molar-refractivity contribution in [3.63, 3.8) is 0 Å². The van der Waals surface area contributed by atoms with Gasteiger partial charge in [-0.25, -0.2) is 5.43 Å². The van der Waals surface area contributed by atoms with Crippen LogP contribution < -0.4 is 10.2 Å². The third-order valence-electron chi connectivity index (χ3n) is 3.48. The predicted octanol–water partition coefficient (Wildman–Crippen LogP) is 5.68. The molecule has 28 heavy (non-hydrogen) atoms. The van der Waals surface area contributed by atoms with Crippen LogP contribution in [0.4, 0.5) is 0 Å². The molecule has 0 fully saturated rings. The number of carbonyl (C=O) groups excluding carboxylic acids is 1. The van der Waals surface area contributed by atoms with Crippen molar-refractivity contribution in [3.8, 4) is 5.75 Å². The van der Waals surface area contributed by atoms with Gasteiger partial charge >= 0.3 is 0 Å². The van der Waals surface area contributed by atoms with Crippen molar-refractivity contribution >= 4 is 51.4 Å². The highest BCUT2D eigenvalue weighted by Gasteiger charge is 2.10. The van der Waals surface area contributed by atoms with Crippen molar-refractivity contribution in [2.24, 2.45) is 5.10 Å². The Morgan fingerprint density at radius 1 is 1.29 bits per heavy atom. The molecule has 0 saturated heterocycles. The van der Waals surface area contributed by atoms with Crippen molar-refractivity contribution < 1.29 is 13.9 Å². The molecule has 1 N–H and O–H groups in total. The van der Waals surface area contributed by atoms with Gasteiger partial charge in [-0.1, -0.05) is 53.2 Å². The maximum Gasteiger partial charge on any atom is 0.277 e. The summed E-state index contributed by atoms with van der Waals surface area (Å²) in [6.45, 7) is 1.84. The molecule has 0 radical (unpaired) electrons. The molecule has 3 rings (SSSR count). The first-order valence-corrected chi connectivity index (χ1v) is 10.2. The van der Waals surface area contributed by atoms with E-state index in [0.29, 0.717) is 21.6 Å². The Morgan fingerprint density at radius 3 is 2.79 bits per heavy atom. The fraction of sp³-hybridized carbons (Fsp3) is 0.100. The van der Waals surface area contributed by atoms with E-state index in [1.54, 1.807) is 30.3 Å². The topological polar surface area (TPSA) is 63.8 Å².